The van der Waals surface area contributed by atoms with Gasteiger partial charge in [0.15, 0.2) is 6.10 Å². The van der Waals surface area contributed by atoms with Crippen LogP contribution in [-0.4, -0.2) is 24.3 Å². The van der Waals surface area contributed by atoms with Crippen LogP contribution >= 0.6 is 0 Å². The van der Waals surface area contributed by atoms with Crippen molar-refractivity contribution in [3.63, 3.8) is 0 Å². The van der Waals surface area contributed by atoms with Crippen LogP contribution in [0.3, 0.4) is 0 Å². The smallest absolute Gasteiger partial charge is 0.338 e. The predicted molar refractivity (Wildman–Crippen MR) is 61.1 cm³/mol. The molecule has 2 atom stereocenters. The van der Waals surface area contributed by atoms with Crippen molar-refractivity contribution in [3.8, 4) is 0 Å². The molecule has 16 heavy (non-hydrogen) atoms. The van der Waals surface area contributed by atoms with Gasteiger partial charge in [0.25, 0.3) is 0 Å². The molecule has 0 aromatic heterocycles. The van der Waals surface area contributed by atoms with E-state index >= 15 is 0 Å². The van der Waals surface area contributed by atoms with Crippen molar-refractivity contribution in [1.29, 1.82) is 0 Å². The number of epoxide rings is 1. The van der Waals surface area contributed by atoms with Crippen LogP contribution in [0.1, 0.15) is 52.4 Å². The molecule has 0 radical (unpaired) electrons. The molecule has 2 fully saturated rings. The fourth-order valence-corrected chi connectivity index (χ4v) is 3.16. The van der Waals surface area contributed by atoms with Crippen molar-refractivity contribution in [2.75, 3.05) is 6.61 Å². The van der Waals surface area contributed by atoms with Gasteiger partial charge in [-0.15, -0.1) is 0 Å². The monoisotopic (exact) mass is 226 g/mol. The summed E-state index contributed by atoms with van der Waals surface area (Å²) in [5.41, 5.74) is -0.155. The van der Waals surface area contributed by atoms with Gasteiger partial charge in [0, 0.05) is 0 Å². The van der Waals surface area contributed by atoms with Gasteiger partial charge in [-0.2, -0.15) is 0 Å². The zero-order valence-corrected chi connectivity index (χ0v) is 10.3. The third-order valence-corrected chi connectivity index (χ3v) is 3.91. The standard InChI is InChI=1S/C13H22O3/c1-3-9-13(10-7-5-6-8-10)11(16-13)12(14)15-4-2/h10-11H,3-9H2,1-2H3. The van der Waals surface area contributed by atoms with Crippen LogP contribution in [-0.2, 0) is 14.3 Å². The van der Waals surface area contributed by atoms with Crippen molar-refractivity contribution >= 4 is 5.97 Å². The Kier molecular flexibility index (Phi) is 3.53. The number of carbonyl (C=O) groups is 1. The van der Waals surface area contributed by atoms with E-state index in [1.165, 1.54) is 25.7 Å². The molecule has 1 aliphatic carbocycles. The fraction of sp³-hybridized carbons (Fsp3) is 0.923. The zero-order valence-electron chi connectivity index (χ0n) is 10.3. The molecule has 0 N–H and O–H groups in total. The molecule has 3 nitrogen and oxygen atoms in total. The average molecular weight is 226 g/mol. The molecule has 1 saturated carbocycles. The predicted octanol–water partition coefficient (Wildman–Crippen LogP) is 2.68. The minimum Gasteiger partial charge on any atom is -0.464 e. The number of esters is 1. The second-order valence-corrected chi connectivity index (χ2v) is 4.94. The van der Waals surface area contributed by atoms with Crippen molar-refractivity contribution in [2.45, 2.75) is 64.1 Å². The van der Waals surface area contributed by atoms with Crippen LogP contribution in [0, 0.1) is 5.92 Å². The third kappa shape index (κ3) is 1.97. The van der Waals surface area contributed by atoms with Crippen LogP contribution in [0.15, 0.2) is 0 Å². The van der Waals surface area contributed by atoms with Gasteiger partial charge in [0.05, 0.1) is 6.61 Å². The first-order valence-electron chi connectivity index (χ1n) is 6.59. The lowest BCUT2D eigenvalue weighted by atomic mass is 9.84. The number of hydrogen-bond donors (Lipinski definition) is 0. The second kappa shape index (κ2) is 4.74. The van der Waals surface area contributed by atoms with Crippen molar-refractivity contribution in [2.24, 2.45) is 5.92 Å². The molecular formula is C13H22O3. The van der Waals surface area contributed by atoms with Gasteiger partial charge in [0.2, 0.25) is 0 Å². The Morgan fingerprint density at radius 3 is 2.62 bits per heavy atom. The molecule has 0 amide bonds. The molecule has 0 bridgehead atoms. The topological polar surface area (TPSA) is 38.8 Å². The first-order valence-corrected chi connectivity index (χ1v) is 6.59. The lowest BCUT2D eigenvalue weighted by molar-refractivity contribution is -0.144. The Hall–Kier alpha value is -0.570. The van der Waals surface area contributed by atoms with E-state index in [0.717, 1.165) is 12.8 Å². The van der Waals surface area contributed by atoms with Crippen LogP contribution in [0.5, 0.6) is 0 Å². The molecule has 0 aromatic carbocycles. The summed E-state index contributed by atoms with van der Waals surface area (Å²) in [6, 6.07) is 0. The molecule has 92 valence electrons. The minimum atomic E-state index is -0.268. The summed E-state index contributed by atoms with van der Waals surface area (Å²) in [6.07, 6.45) is 6.82. The molecular weight excluding hydrogens is 204 g/mol. The zero-order chi connectivity index (χ0) is 11.6. The average Bonchev–Trinajstić information content (AvgIpc) is 2.76. The van der Waals surface area contributed by atoms with E-state index in [4.69, 9.17) is 9.47 Å². The molecule has 3 heteroatoms. The number of hydrogen-bond acceptors (Lipinski definition) is 3. The molecule has 2 rings (SSSR count). The Bertz CT molecular complexity index is 258. The van der Waals surface area contributed by atoms with E-state index < -0.39 is 0 Å². The van der Waals surface area contributed by atoms with Crippen LogP contribution in [0.4, 0.5) is 0 Å². The van der Waals surface area contributed by atoms with Crippen molar-refractivity contribution in [1.82, 2.24) is 0 Å². The van der Waals surface area contributed by atoms with E-state index in [1.54, 1.807) is 0 Å². The van der Waals surface area contributed by atoms with Gasteiger partial charge in [-0.05, 0) is 32.1 Å². The first kappa shape index (κ1) is 11.9. The lowest BCUT2D eigenvalue weighted by Gasteiger charge is -2.19. The molecule has 0 aromatic rings. The highest BCUT2D eigenvalue weighted by Crippen LogP contribution is 2.52. The van der Waals surface area contributed by atoms with Gasteiger partial charge in [-0.1, -0.05) is 26.2 Å². The first-order chi connectivity index (χ1) is 7.74. The molecule has 1 heterocycles. The quantitative estimate of drug-likeness (QED) is 0.534. The van der Waals surface area contributed by atoms with E-state index in [-0.39, 0.29) is 17.7 Å². The summed E-state index contributed by atoms with van der Waals surface area (Å²) in [4.78, 5) is 11.7. The summed E-state index contributed by atoms with van der Waals surface area (Å²) in [5.74, 6) is 0.435. The third-order valence-electron chi connectivity index (χ3n) is 3.91. The summed E-state index contributed by atoms with van der Waals surface area (Å²) in [5, 5.41) is 0. The van der Waals surface area contributed by atoms with Gasteiger partial charge in [0.1, 0.15) is 5.60 Å². The maximum atomic E-state index is 11.7. The largest absolute Gasteiger partial charge is 0.464 e. The van der Waals surface area contributed by atoms with Gasteiger partial charge in [-0.3, -0.25) is 0 Å². The highest BCUT2D eigenvalue weighted by Gasteiger charge is 2.64. The summed E-state index contributed by atoms with van der Waals surface area (Å²) >= 11 is 0. The molecule has 2 unspecified atom stereocenters. The Balaban J connectivity index is 1.99. The second-order valence-electron chi connectivity index (χ2n) is 4.94. The van der Waals surface area contributed by atoms with E-state index in [2.05, 4.69) is 6.92 Å². The van der Waals surface area contributed by atoms with Crippen LogP contribution in [0.25, 0.3) is 0 Å². The van der Waals surface area contributed by atoms with Gasteiger partial charge < -0.3 is 9.47 Å². The van der Waals surface area contributed by atoms with Crippen LogP contribution < -0.4 is 0 Å². The molecule has 0 spiro atoms. The summed E-state index contributed by atoms with van der Waals surface area (Å²) in [6.45, 7) is 4.45. The number of carbonyl (C=O) groups excluding carboxylic acids is 1. The van der Waals surface area contributed by atoms with Crippen molar-refractivity contribution in [3.05, 3.63) is 0 Å². The van der Waals surface area contributed by atoms with E-state index in [0.29, 0.717) is 12.5 Å². The maximum Gasteiger partial charge on any atom is 0.338 e. The maximum absolute atomic E-state index is 11.7. The summed E-state index contributed by atoms with van der Waals surface area (Å²) < 4.78 is 10.8. The van der Waals surface area contributed by atoms with Gasteiger partial charge >= 0.3 is 5.97 Å². The number of ether oxygens (including phenoxy) is 2. The van der Waals surface area contributed by atoms with E-state index in [1.807, 2.05) is 6.92 Å². The fourth-order valence-electron chi connectivity index (χ4n) is 3.16. The SMILES string of the molecule is CCCC1(C2CCCC2)OC1C(=O)OCC. The Labute approximate surface area is 97.5 Å². The number of rotatable bonds is 5. The normalized spacial score (nSPS) is 34.0. The van der Waals surface area contributed by atoms with Crippen molar-refractivity contribution < 1.29 is 14.3 Å². The van der Waals surface area contributed by atoms with E-state index in [9.17, 15) is 4.79 Å². The van der Waals surface area contributed by atoms with Gasteiger partial charge in [-0.25, -0.2) is 4.79 Å². The Morgan fingerprint density at radius 1 is 1.38 bits per heavy atom. The Morgan fingerprint density at radius 2 is 2.06 bits per heavy atom. The molecule has 2 aliphatic rings. The highest BCUT2D eigenvalue weighted by molar-refractivity contribution is 5.79. The highest BCUT2D eigenvalue weighted by atomic mass is 16.7. The molecule has 1 aliphatic heterocycles. The molecule has 1 saturated heterocycles. The minimum absolute atomic E-state index is 0.150. The summed E-state index contributed by atoms with van der Waals surface area (Å²) in [7, 11) is 0. The lowest BCUT2D eigenvalue weighted by Crippen LogP contribution is -2.29. The van der Waals surface area contributed by atoms with Crippen LogP contribution in [0.2, 0.25) is 0 Å².